The van der Waals surface area contributed by atoms with Gasteiger partial charge in [0.15, 0.2) is 0 Å². The van der Waals surface area contributed by atoms with Crippen LogP contribution in [0.2, 0.25) is 0 Å². The van der Waals surface area contributed by atoms with Crippen LogP contribution in [0.1, 0.15) is 36.5 Å². The molecule has 5 heteroatoms. The lowest BCUT2D eigenvalue weighted by atomic mass is 10.0. The zero-order chi connectivity index (χ0) is 13.1. The van der Waals surface area contributed by atoms with Gasteiger partial charge in [-0.25, -0.2) is 0 Å². The standard InChI is InChI=1S/C12H14BrF3O/c1-8-5-9(7-10(13)6-8)11(17)3-2-4-12(14,15)16/h5-7,11,17H,2-4H2,1H3. The van der Waals surface area contributed by atoms with Crippen molar-refractivity contribution in [1.29, 1.82) is 0 Å². The van der Waals surface area contributed by atoms with Crippen molar-refractivity contribution in [3.63, 3.8) is 0 Å². The molecule has 17 heavy (non-hydrogen) atoms. The average molecular weight is 311 g/mol. The third-order valence-corrected chi connectivity index (χ3v) is 2.84. The highest BCUT2D eigenvalue weighted by Gasteiger charge is 2.26. The molecule has 1 unspecified atom stereocenters. The van der Waals surface area contributed by atoms with E-state index in [9.17, 15) is 18.3 Å². The number of hydrogen-bond donors (Lipinski definition) is 1. The Morgan fingerprint density at radius 2 is 1.94 bits per heavy atom. The second-order valence-corrected chi connectivity index (χ2v) is 5.00. The zero-order valence-electron chi connectivity index (χ0n) is 9.39. The van der Waals surface area contributed by atoms with Crippen LogP contribution in [-0.2, 0) is 0 Å². The first-order chi connectivity index (χ1) is 7.78. The van der Waals surface area contributed by atoms with Crippen LogP contribution in [0, 0.1) is 6.92 Å². The van der Waals surface area contributed by atoms with Crippen LogP contribution in [0.15, 0.2) is 22.7 Å². The Morgan fingerprint density at radius 1 is 1.29 bits per heavy atom. The van der Waals surface area contributed by atoms with Crippen molar-refractivity contribution in [2.45, 2.75) is 38.5 Å². The van der Waals surface area contributed by atoms with Crippen LogP contribution < -0.4 is 0 Å². The number of aliphatic hydroxyl groups is 1. The van der Waals surface area contributed by atoms with E-state index in [1.165, 1.54) is 0 Å². The maximum absolute atomic E-state index is 11.9. The van der Waals surface area contributed by atoms with Gasteiger partial charge in [0.2, 0.25) is 0 Å². The second-order valence-electron chi connectivity index (χ2n) is 4.09. The minimum absolute atomic E-state index is 0.0593. The molecule has 96 valence electrons. The molecule has 0 saturated carbocycles. The van der Waals surface area contributed by atoms with Gasteiger partial charge in [-0.2, -0.15) is 13.2 Å². The molecule has 0 aromatic heterocycles. The maximum atomic E-state index is 11.9. The number of aliphatic hydroxyl groups excluding tert-OH is 1. The predicted molar refractivity (Wildman–Crippen MR) is 63.7 cm³/mol. The molecule has 1 aromatic rings. The molecule has 0 spiro atoms. The summed E-state index contributed by atoms with van der Waals surface area (Å²) >= 11 is 3.29. The highest BCUT2D eigenvalue weighted by molar-refractivity contribution is 9.10. The van der Waals surface area contributed by atoms with Crippen molar-refractivity contribution < 1.29 is 18.3 Å². The largest absolute Gasteiger partial charge is 0.389 e. The first kappa shape index (κ1) is 14.5. The molecule has 1 aromatic carbocycles. The number of halogens is 4. The zero-order valence-corrected chi connectivity index (χ0v) is 11.0. The van der Waals surface area contributed by atoms with Crippen molar-refractivity contribution in [2.75, 3.05) is 0 Å². The molecular formula is C12H14BrF3O. The Hall–Kier alpha value is -0.550. The van der Waals surface area contributed by atoms with E-state index in [-0.39, 0.29) is 12.8 Å². The first-order valence-corrected chi connectivity index (χ1v) is 6.09. The fraction of sp³-hybridized carbons (Fsp3) is 0.500. The number of aryl methyl sites for hydroxylation is 1. The molecular weight excluding hydrogens is 297 g/mol. The SMILES string of the molecule is Cc1cc(Br)cc(C(O)CCCC(F)(F)F)c1. The van der Waals surface area contributed by atoms with E-state index in [2.05, 4.69) is 15.9 Å². The van der Waals surface area contributed by atoms with Gasteiger partial charge in [0.05, 0.1) is 6.10 Å². The third kappa shape index (κ3) is 5.55. The molecule has 1 N–H and O–H groups in total. The normalized spacial score (nSPS) is 13.8. The Balaban J connectivity index is 2.55. The lowest BCUT2D eigenvalue weighted by molar-refractivity contribution is -0.136. The summed E-state index contributed by atoms with van der Waals surface area (Å²) in [5, 5.41) is 9.78. The number of alkyl halides is 3. The minimum Gasteiger partial charge on any atom is -0.388 e. The molecule has 0 fully saturated rings. The molecule has 0 aliphatic rings. The summed E-state index contributed by atoms with van der Waals surface area (Å²) in [6.07, 6.45) is -5.77. The topological polar surface area (TPSA) is 20.2 Å². The Morgan fingerprint density at radius 3 is 2.47 bits per heavy atom. The van der Waals surface area contributed by atoms with Crippen molar-refractivity contribution in [1.82, 2.24) is 0 Å². The van der Waals surface area contributed by atoms with Gasteiger partial charge in [0.25, 0.3) is 0 Å². The summed E-state index contributed by atoms with van der Waals surface area (Å²) in [5.74, 6) is 0. The summed E-state index contributed by atoms with van der Waals surface area (Å²) in [6, 6.07) is 5.39. The van der Waals surface area contributed by atoms with E-state index >= 15 is 0 Å². The summed E-state index contributed by atoms with van der Waals surface area (Å²) < 4.78 is 36.7. The fourth-order valence-corrected chi connectivity index (χ4v) is 2.24. The molecule has 1 rings (SSSR count). The predicted octanol–water partition coefficient (Wildman–Crippen LogP) is 4.52. The molecule has 0 radical (unpaired) electrons. The molecule has 1 nitrogen and oxygen atoms in total. The van der Waals surface area contributed by atoms with Gasteiger partial charge in [0, 0.05) is 10.9 Å². The van der Waals surface area contributed by atoms with Crippen LogP contribution >= 0.6 is 15.9 Å². The summed E-state index contributed by atoms with van der Waals surface area (Å²) in [7, 11) is 0. The Bertz CT molecular complexity index is 356. The van der Waals surface area contributed by atoms with Crippen molar-refractivity contribution in [2.24, 2.45) is 0 Å². The first-order valence-electron chi connectivity index (χ1n) is 5.30. The van der Waals surface area contributed by atoms with Crippen LogP contribution in [0.25, 0.3) is 0 Å². The van der Waals surface area contributed by atoms with Gasteiger partial charge in [-0.1, -0.05) is 22.0 Å². The van der Waals surface area contributed by atoms with Gasteiger partial charge in [-0.15, -0.1) is 0 Å². The molecule has 0 amide bonds. The lowest BCUT2D eigenvalue weighted by Crippen LogP contribution is -2.08. The fourth-order valence-electron chi connectivity index (χ4n) is 1.62. The molecule has 1 atom stereocenters. The summed E-state index contributed by atoms with van der Waals surface area (Å²) in [5.41, 5.74) is 1.61. The Kier molecular flexibility index (Phi) is 5.01. The summed E-state index contributed by atoms with van der Waals surface area (Å²) in [4.78, 5) is 0. The quantitative estimate of drug-likeness (QED) is 0.866. The maximum Gasteiger partial charge on any atom is 0.389 e. The average Bonchev–Trinajstić information content (AvgIpc) is 2.13. The van der Waals surface area contributed by atoms with Crippen LogP contribution in [-0.4, -0.2) is 11.3 Å². The van der Waals surface area contributed by atoms with Gasteiger partial charge < -0.3 is 5.11 Å². The van der Waals surface area contributed by atoms with Gasteiger partial charge in [-0.05, 0) is 43.0 Å². The molecule has 0 saturated heterocycles. The lowest BCUT2D eigenvalue weighted by Gasteiger charge is -2.13. The smallest absolute Gasteiger partial charge is 0.388 e. The van der Waals surface area contributed by atoms with Gasteiger partial charge in [0.1, 0.15) is 0 Å². The van der Waals surface area contributed by atoms with Crippen LogP contribution in [0.4, 0.5) is 13.2 Å². The number of benzene rings is 1. The summed E-state index contributed by atoms with van der Waals surface area (Å²) in [6.45, 7) is 1.87. The Labute approximate surface area is 107 Å². The monoisotopic (exact) mass is 310 g/mol. The minimum atomic E-state index is -4.15. The number of hydrogen-bond acceptors (Lipinski definition) is 1. The van der Waals surface area contributed by atoms with Crippen molar-refractivity contribution in [3.8, 4) is 0 Å². The van der Waals surface area contributed by atoms with E-state index in [0.29, 0.717) is 5.56 Å². The molecule has 0 aliphatic heterocycles. The van der Waals surface area contributed by atoms with Crippen molar-refractivity contribution in [3.05, 3.63) is 33.8 Å². The van der Waals surface area contributed by atoms with E-state index < -0.39 is 18.7 Å². The highest BCUT2D eigenvalue weighted by Crippen LogP contribution is 2.27. The van der Waals surface area contributed by atoms with Crippen LogP contribution in [0.5, 0.6) is 0 Å². The molecule has 0 aliphatic carbocycles. The second kappa shape index (κ2) is 5.87. The third-order valence-electron chi connectivity index (χ3n) is 2.39. The van der Waals surface area contributed by atoms with Crippen molar-refractivity contribution >= 4 is 15.9 Å². The number of rotatable bonds is 4. The molecule has 0 bridgehead atoms. The van der Waals surface area contributed by atoms with E-state index in [1.54, 1.807) is 12.1 Å². The van der Waals surface area contributed by atoms with E-state index in [4.69, 9.17) is 0 Å². The molecule has 0 heterocycles. The highest BCUT2D eigenvalue weighted by atomic mass is 79.9. The van der Waals surface area contributed by atoms with Gasteiger partial charge >= 0.3 is 6.18 Å². The van der Waals surface area contributed by atoms with Gasteiger partial charge in [-0.3, -0.25) is 0 Å². The van der Waals surface area contributed by atoms with Crippen LogP contribution in [0.3, 0.4) is 0 Å². The van der Waals surface area contributed by atoms with E-state index in [0.717, 1.165) is 10.0 Å². The van der Waals surface area contributed by atoms with E-state index in [1.807, 2.05) is 13.0 Å².